The number of benzene rings is 1. The van der Waals surface area contributed by atoms with Crippen molar-refractivity contribution < 1.29 is 4.79 Å². The topological polar surface area (TPSA) is 106 Å². The fourth-order valence-electron chi connectivity index (χ4n) is 3.42. The van der Waals surface area contributed by atoms with Crippen molar-refractivity contribution in [2.75, 3.05) is 25.2 Å². The van der Waals surface area contributed by atoms with Crippen LogP contribution in [0.4, 0.5) is 5.82 Å². The Morgan fingerprint density at radius 2 is 1.91 bits per heavy atom. The largest absolute Gasteiger partial charge is 0.368 e. The Hall–Kier alpha value is -3.59. The number of para-hydroxylation sites is 1. The van der Waals surface area contributed by atoms with Gasteiger partial charge in [0.05, 0.1) is 11.2 Å². The minimum Gasteiger partial charge on any atom is -0.368 e. The monoisotopic (exact) mass is 445 g/mol. The lowest BCUT2D eigenvalue weighted by Crippen LogP contribution is -2.20. The van der Waals surface area contributed by atoms with Gasteiger partial charge >= 0.3 is 0 Å². The first kappa shape index (κ1) is 21.6. The Kier molecular flexibility index (Phi) is 6.55. The molecule has 0 fully saturated rings. The molecule has 0 aliphatic rings. The van der Waals surface area contributed by atoms with Crippen LogP contribution in [-0.4, -0.2) is 50.7 Å². The summed E-state index contributed by atoms with van der Waals surface area (Å²) in [7, 11) is 1.59. The summed E-state index contributed by atoms with van der Waals surface area (Å²) in [5.74, 6) is 0.503. The molecule has 162 valence electrons. The maximum Gasteiger partial charge on any atom is 0.270 e. The number of hydrogen-bond acceptors (Lipinski definition) is 8. The number of rotatable bonds is 7. The Morgan fingerprint density at radius 3 is 2.66 bits per heavy atom. The van der Waals surface area contributed by atoms with Gasteiger partial charge in [0.1, 0.15) is 24.2 Å². The third-order valence-electron chi connectivity index (χ3n) is 5.11. The summed E-state index contributed by atoms with van der Waals surface area (Å²) in [4.78, 5) is 33.9. The lowest BCUT2D eigenvalue weighted by atomic mass is 10.0. The maximum atomic E-state index is 12.2. The van der Waals surface area contributed by atoms with Gasteiger partial charge < -0.3 is 10.6 Å². The quantitative estimate of drug-likeness (QED) is 0.444. The number of thioether (sulfide) groups is 1. The van der Waals surface area contributed by atoms with Gasteiger partial charge in [-0.2, -0.15) is 11.8 Å². The van der Waals surface area contributed by atoms with Crippen LogP contribution in [0.15, 0.2) is 55.2 Å². The van der Waals surface area contributed by atoms with Crippen molar-refractivity contribution >= 4 is 34.4 Å². The minimum atomic E-state index is -0.229. The van der Waals surface area contributed by atoms with E-state index in [1.54, 1.807) is 25.1 Å². The molecule has 0 radical (unpaired) electrons. The lowest BCUT2D eigenvalue weighted by molar-refractivity contribution is 0.0960. The van der Waals surface area contributed by atoms with Gasteiger partial charge in [0, 0.05) is 47.7 Å². The molecule has 1 atom stereocenters. The highest BCUT2D eigenvalue weighted by Crippen LogP contribution is 2.32. The number of carbonyl (C=O) groups excluding carboxylic acids is 1. The summed E-state index contributed by atoms with van der Waals surface area (Å²) < 4.78 is 0. The third kappa shape index (κ3) is 4.52. The summed E-state index contributed by atoms with van der Waals surface area (Å²) in [5, 5.41) is 6.88. The second-order valence-corrected chi connectivity index (χ2v) is 8.17. The molecule has 9 heteroatoms. The van der Waals surface area contributed by atoms with Crippen LogP contribution in [0.1, 0.15) is 27.0 Å². The Morgan fingerprint density at radius 1 is 1.06 bits per heavy atom. The fourth-order valence-corrected chi connectivity index (χ4v) is 4.11. The number of nitrogens with zero attached hydrogens (tertiary/aromatic N) is 5. The van der Waals surface area contributed by atoms with Gasteiger partial charge in [-0.15, -0.1) is 0 Å². The van der Waals surface area contributed by atoms with Crippen LogP contribution in [0.25, 0.3) is 22.2 Å². The highest BCUT2D eigenvalue weighted by atomic mass is 32.2. The summed E-state index contributed by atoms with van der Waals surface area (Å²) >= 11 is 1.70. The van der Waals surface area contributed by atoms with E-state index in [9.17, 15) is 4.79 Å². The molecule has 2 N–H and O–H groups in total. The lowest BCUT2D eigenvalue weighted by Gasteiger charge is -2.18. The number of carbonyl (C=O) groups is 1. The summed E-state index contributed by atoms with van der Waals surface area (Å²) in [6.07, 6.45) is 6.85. The first-order valence-electron chi connectivity index (χ1n) is 10.1. The molecule has 4 aromatic rings. The van der Waals surface area contributed by atoms with Crippen LogP contribution >= 0.6 is 11.8 Å². The molecular weight excluding hydrogens is 422 g/mol. The zero-order valence-corrected chi connectivity index (χ0v) is 18.8. The fraction of sp³-hybridized carbons (Fsp3) is 0.217. The highest BCUT2D eigenvalue weighted by molar-refractivity contribution is 7.98. The van der Waals surface area contributed by atoms with E-state index in [0.29, 0.717) is 12.2 Å². The van der Waals surface area contributed by atoms with Crippen molar-refractivity contribution in [3.63, 3.8) is 0 Å². The molecule has 32 heavy (non-hydrogen) atoms. The zero-order valence-electron chi connectivity index (χ0n) is 18.0. The number of aromatic nitrogens is 5. The molecule has 3 aromatic heterocycles. The molecule has 0 bridgehead atoms. The van der Waals surface area contributed by atoms with Crippen LogP contribution in [-0.2, 0) is 0 Å². The SMILES string of the molecule is CNC(=O)c1ncnc2c(C(CNc3cc(-c4ccc(C)nc4)ncn3)SC)cccc12. The van der Waals surface area contributed by atoms with Crippen molar-refractivity contribution in [1.29, 1.82) is 0 Å². The Balaban J connectivity index is 1.58. The first-order chi connectivity index (χ1) is 15.6. The highest BCUT2D eigenvalue weighted by Gasteiger charge is 2.18. The van der Waals surface area contributed by atoms with E-state index in [2.05, 4.69) is 41.8 Å². The van der Waals surface area contributed by atoms with Gasteiger partial charge in [-0.25, -0.2) is 19.9 Å². The molecule has 1 aromatic carbocycles. The van der Waals surface area contributed by atoms with Crippen LogP contribution in [0, 0.1) is 6.92 Å². The van der Waals surface area contributed by atoms with E-state index in [0.717, 1.165) is 39.2 Å². The third-order valence-corrected chi connectivity index (χ3v) is 6.10. The van der Waals surface area contributed by atoms with Gasteiger partial charge in [0.15, 0.2) is 0 Å². The van der Waals surface area contributed by atoms with Crippen LogP contribution in [0.3, 0.4) is 0 Å². The van der Waals surface area contributed by atoms with Gasteiger partial charge in [0.25, 0.3) is 5.91 Å². The second kappa shape index (κ2) is 9.69. The molecular formula is C23H23N7OS. The number of pyridine rings is 1. The van der Waals surface area contributed by atoms with Crippen molar-refractivity contribution in [1.82, 2.24) is 30.2 Å². The van der Waals surface area contributed by atoms with Gasteiger partial charge in [0.2, 0.25) is 0 Å². The van der Waals surface area contributed by atoms with Gasteiger partial charge in [-0.1, -0.05) is 18.2 Å². The molecule has 8 nitrogen and oxygen atoms in total. The van der Waals surface area contributed by atoms with E-state index in [1.165, 1.54) is 6.33 Å². The number of aryl methyl sites for hydroxylation is 1. The number of hydrogen-bond donors (Lipinski definition) is 2. The first-order valence-corrected chi connectivity index (χ1v) is 11.4. The Bertz CT molecular complexity index is 1250. The van der Waals surface area contributed by atoms with Crippen molar-refractivity contribution in [2.45, 2.75) is 12.2 Å². The molecule has 0 aliphatic heterocycles. The maximum absolute atomic E-state index is 12.2. The molecule has 0 aliphatic carbocycles. The van der Waals surface area contributed by atoms with E-state index in [-0.39, 0.29) is 11.2 Å². The van der Waals surface area contributed by atoms with Gasteiger partial charge in [-0.3, -0.25) is 9.78 Å². The summed E-state index contributed by atoms with van der Waals surface area (Å²) in [6.45, 7) is 2.58. The zero-order chi connectivity index (χ0) is 22.5. The molecule has 3 heterocycles. The molecule has 0 saturated carbocycles. The van der Waals surface area contributed by atoms with Crippen molar-refractivity contribution in [2.24, 2.45) is 0 Å². The number of nitrogens with one attached hydrogen (secondary N) is 2. The van der Waals surface area contributed by atoms with Crippen molar-refractivity contribution in [3.05, 3.63) is 72.2 Å². The molecule has 1 amide bonds. The summed E-state index contributed by atoms with van der Waals surface area (Å²) in [6, 6.07) is 11.7. The van der Waals surface area contributed by atoms with E-state index >= 15 is 0 Å². The molecule has 4 rings (SSSR count). The predicted octanol–water partition coefficient (Wildman–Crippen LogP) is 3.67. The smallest absolute Gasteiger partial charge is 0.270 e. The van der Waals surface area contributed by atoms with Crippen molar-refractivity contribution in [3.8, 4) is 11.3 Å². The Labute approximate surface area is 190 Å². The predicted molar refractivity (Wildman–Crippen MR) is 128 cm³/mol. The summed E-state index contributed by atoms with van der Waals surface area (Å²) in [5.41, 5.74) is 4.89. The van der Waals surface area contributed by atoms with E-state index in [4.69, 9.17) is 0 Å². The average molecular weight is 446 g/mol. The number of amides is 1. The standard InChI is InChI=1S/C23H23N7OS/c1-14-7-8-15(10-25-14)18-9-20(28-12-27-18)26-11-19(32-3)16-5-4-6-17-21(16)29-13-30-22(17)23(31)24-2/h4-10,12-13,19H,11H2,1-3H3,(H,24,31)(H,26,27,28). The molecule has 0 saturated heterocycles. The minimum absolute atomic E-state index is 0.0885. The number of anilines is 1. The van der Waals surface area contributed by atoms with Crippen LogP contribution in [0.2, 0.25) is 0 Å². The number of fused-ring (bicyclic) bond motifs is 1. The van der Waals surface area contributed by atoms with Crippen LogP contribution < -0.4 is 10.6 Å². The molecule has 0 spiro atoms. The normalized spacial score (nSPS) is 11.8. The van der Waals surface area contributed by atoms with E-state index < -0.39 is 0 Å². The van der Waals surface area contributed by atoms with Crippen LogP contribution in [0.5, 0.6) is 0 Å². The van der Waals surface area contributed by atoms with E-state index in [1.807, 2.05) is 49.5 Å². The van der Waals surface area contributed by atoms with Gasteiger partial charge in [-0.05, 0) is 30.9 Å². The average Bonchev–Trinajstić information content (AvgIpc) is 2.84. The second-order valence-electron chi connectivity index (χ2n) is 7.13. The molecule has 1 unspecified atom stereocenters.